The minimum Gasteiger partial charge on any atom is -0.478 e. The van der Waals surface area contributed by atoms with Gasteiger partial charge in [0, 0.05) is 13.1 Å². The molecule has 5 rings (SSSR count). The summed E-state index contributed by atoms with van der Waals surface area (Å²) in [5.41, 5.74) is 2.00. The third-order valence-electron chi connectivity index (χ3n) is 5.13. The van der Waals surface area contributed by atoms with E-state index in [9.17, 15) is 9.18 Å². The first-order valence-corrected chi connectivity index (χ1v) is 10.5. The van der Waals surface area contributed by atoms with Crippen LogP contribution in [-0.4, -0.2) is 11.6 Å². The van der Waals surface area contributed by atoms with Gasteiger partial charge in [0.25, 0.3) is 0 Å². The first kappa shape index (κ1) is 19.8. The van der Waals surface area contributed by atoms with Crippen LogP contribution in [0.2, 0.25) is 0 Å². The van der Waals surface area contributed by atoms with Crippen LogP contribution in [0.25, 0.3) is 11.0 Å². The maximum Gasteiger partial charge on any atom is 0.235 e. The Morgan fingerprint density at radius 3 is 2.65 bits per heavy atom. The lowest BCUT2D eigenvalue weighted by atomic mass is 10.1. The van der Waals surface area contributed by atoms with Crippen molar-refractivity contribution in [1.82, 2.24) is 4.90 Å². The SMILES string of the molecule is O=c1c(Oc2ccccc2Br)coc2c3c(ccc12)OCN(Cc1ccc(F)cc1)C3. The summed E-state index contributed by atoms with van der Waals surface area (Å²) in [6.45, 7) is 1.52. The molecule has 1 aliphatic rings. The van der Waals surface area contributed by atoms with Crippen molar-refractivity contribution in [1.29, 1.82) is 0 Å². The molecule has 3 aromatic carbocycles. The number of rotatable bonds is 4. The van der Waals surface area contributed by atoms with Crippen LogP contribution >= 0.6 is 15.9 Å². The van der Waals surface area contributed by atoms with Gasteiger partial charge in [0.2, 0.25) is 11.2 Å². The minimum atomic E-state index is -0.266. The van der Waals surface area contributed by atoms with Gasteiger partial charge >= 0.3 is 0 Å². The van der Waals surface area contributed by atoms with Crippen LogP contribution in [0.5, 0.6) is 17.2 Å². The minimum absolute atomic E-state index is 0.110. The summed E-state index contributed by atoms with van der Waals surface area (Å²) in [5, 5.41) is 0.426. The second-order valence-corrected chi connectivity index (χ2v) is 8.12. The highest BCUT2D eigenvalue weighted by molar-refractivity contribution is 9.10. The molecule has 0 bridgehead atoms. The molecule has 0 amide bonds. The molecule has 1 aliphatic heterocycles. The normalized spacial score (nSPS) is 13.6. The van der Waals surface area contributed by atoms with Crippen LogP contribution in [0, 0.1) is 5.82 Å². The van der Waals surface area contributed by atoms with Crippen molar-refractivity contribution in [3.63, 3.8) is 0 Å². The first-order chi connectivity index (χ1) is 15.1. The number of hydrogen-bond donors (Lipinski definition) is 0. The molecule has 0 N–H and O–H groups in total. The molecule has 0 spiro atoms. The van der Waals surface area contributed by atoms with Crippen molar-refractivity contribution in [2.45, 2.75) is 13.1 Å². The highest BCUT2D eigenvalue weighted by Crippen LogP contribution is 2.34. The Hall–Kier alpha value is -3.16. The smallest absolute Gasteiger partial charge is 0.235 e. The standard InChI is InChI=1S/C24H17BrFNO4/c25-19-3-1-2-4-21(19)31-22-13-29-24-17(23(22)28)9-10-20-18(24)12-27(14-30-20)11-15-5-7-16(26)8-6-15/h1-10,13H,11-12,14H2. The van der Waals surface area contributed by atoms with E-state index in [0.717, 1.165) is 15.6 Å². The summed E-state index contributed by atoms with van der Waals surface area (Å²) >= 11 is 3.41. The summed E-state index contributed by atoms with van der Waals surface area (Å²) < 4.78 is 31.4. The van der Waals surface area contributed by atoms with Crippen LogP contribution in [0.15, 0.2) is 80.6 Å². The highest BCUT2D eigenvalue weighted by Gasteiger charge is 2.23. The molecule has 0 atom stereocenters. The molecule has 31 heavy (non-hydrogen) atoms. The molecule has 7 heteroatoms. The molecule has 0 saturated carbocycles. The molecule has 0 saturated heterocycles. The van der Waals surface area contributed by atoms with Gasteiger partial charge in [0.1, 0.15) is 35.9 Å². The van der Waals surface area contributed by atoms with Gasteiger partial charge in [-0.1, -0.05) is 24.3 Å². The van der Waals surface area contributed by atoms with Crippen molar-refractivity contribution in [2.24, 2.45) is 0 Å². The number of halogens is 2. The van der Waals surface area contributed by atoms with Crippen molar-refractivity contribution in [3.8, 4) is 17.2 Å². The Morgan fingerprint density at radius 2 is 1.84 bits per heavy atom. The molecular formula is C24H17BrFNO4. The molecule has 0 aliphatic carbocycles. The average molecular weight is 482 g/mol. The van der Waals surface area contributed by atoms with Crippen molar-refractivity contribution < 1.29 is 18.3 Å². The number of nitrogens with zero attached hydrogens (tertiary/aromatic N) is 1. The molecule has 0 unspecified atom stereocenters. The summed E-state index contributed by atoms with van der Waals surface area (Å²) in [7, 11) is 0. The third kappa shape index (κ3) is 3.94. The van der Waals surface area contributed by atoms with Crippen molar-refractivity contribution in [3.05, 3.63) is 98.6 Å². The van der Waals surface area contributed by atoms with Gasteiger partial charge in [0.15, 0.2) is 0 Å². The number of hydrogen-bond acceptors (Lipinski definition) is 5. The summed E-state index contributed by atoms with van der Waals surface area (Å²) in [4.78, 5) is 15.1. The topological polar surface area (TPSA) is 51.9 Å². The fourth-order valence-electron chi connectivity index (χ4n) is 3.60. The molecule has 2 heterocycles. The van der Waals surface area contributed by atoms with Crippen LogP contribution in [0.3, 0.4) is 0 Å². The Kier molecular flexibility index (Phi) is 5.21. The third-order valence-corrected chi connectivity index (χ3v) is 5.79. The maximum atomic E-state index is 13.2. The van der Waals surface area contributed by atoms with Gasteiger partial charge in [-0.2, -0.15) is 0 Å². The maximum absolute atomic E-state index is 13.2. The number of fused-ring (bicyclic) bond motifs is 3. The average Bonchev–Trinajstić information content (AvgIpc) is 2.78. The van der Waals surface area contributed by atoms with Gasteiger partial charge in [-0.25, -0.2) is 4.39 Å². The molecule has 0 radical (unpaired) electrons. The molecule has 1 aromatic heterocycles. The fourth-order valence-corrected chi connectivity index (χ4v) is 3.97. The number of para-hydroxylation sites is 1. The monoisotopic (exact) mass is 481 g/mol. The Bertz CT molecular complexity index is 1320. The summed E-state index contributed by atoms with van der Waals surface area (Å²) in [6, 6.07) is 17.1. The second-order valence-electron chi connectivity index (χ2n) is 7.27. The molecular weight excluding hydrogens is 465 g/mol. The van der Waals surface area contributed by atoms with E-state index in [1.807, 2.05) is 18.2 Å². The first-order valence-electron chi connectivity index (χ1n) is 9.68. The lowest BCUT2D eigenvalue weighted by Gasteiger charge is -2.29. The zero-order valence-corrected chi connectivity index (χ0v) is 17.9. The zero-order chi connectivity index (χ0) is 21.4. The van der Waals surface area contributed by atoms with E-state index in [-0.39, 0.29) is 17.0 Å². The van der Waals surface area contributed by atoms with Gasteiger partial charge in [-0.15, -0.1) is 0 Å². The van der Waals surface area contributed by atoms with Crippen LogP contribution in [0.4, 0.5) is 4.39 Å². The van der Waals surface area contributed by atoms with Crippen molar-refractivity contribution >= 4 is 26.9 Å². The van der Waals surface area contributed by atoms with Crippen LogP contribution in [0.1, 0.15) is 11.1 Å². The van der Waals surface area contributed by atoms with Gasteiger partial charge < -0.3 is 13.9 Å². The van der Waals surface area contributed by atoms with E-state index in [2.05, 4.69) is 20.8 Å². The molecule has 5 nitrogen and oxygen atoms in total. The van der Waals surface area contributed by atoms with E-state index < -0.39 is 0 Å². The molecule has 156 valence electrons. The van der Waals surface area contributed by atoms with E-state index in [1.165, 1.54) is 18.4 Å². The number of ether oxygens (including phenoxy) is 2. The van der Waals surface area contributed by atoms with Gasteiger partial charge in [0.05, 0.1) is 15.4 Å². The van der Waals surface area contributed by atoms with Gasteiger partial charge in [-0.05, 0) is 57.9 Å². The van der Waals surface area contributed by atoms with E-state index >= 15 is 0 Å². The quantitative estimate of drug-likeness (QED) is 0.366. The zero-order valence-electron chi connectivity index (χ0n) is 16.3. The molecule has 4 aromatic rings. The van der Waals surface area contributed by atoms with Crippen molar-refractivity contribution in [2.75, 3.05) is 6.73 Å². The second kappa shape index (κ2) is 8.17. The largest absolute Gasteiger partial charge is 0.478 e. The Morgan fingerprint density at radius 1 is 1.03 bits per heavy atom. The Labute approximate surface area is 185 Å². The molecule has 0 fully saturated rings. The lowest BCUT2D eigenvalue weighted by molar-refractivity contribution is 0.0890. The highest BCUT2D eigenvalue weighted by atomic mass is 79.9. The predicted molar refractivity (Wildman–Crippen MR) is 118 cm³/mol. The lowest BCUT2D eigenvalue weighted by Crippen LogP contribution is -2.31. The summed E-state index contributed by atoms with van der Waals surface area (Å²) in [6.07, 6.45) is 1.34. The van der Waals surface area contributed by atoms with E-state index in [1.54, 1.807) is 30.3 Å². The van der Waals surface area contributed by atoms with E-state index in [4.69, 9.17) is 13.9 Å². The van der Waals surface area contributed by atoms with Crippen LogP contribution < -0.4 is 14.9 Å². The van der Waals surface area contributed by atoms with Gasteiger partial charge in [-0.3, -0.25) is 9.69 Å². The number of benzene rings is 3. The van der Waals surface area contributed by atoms with E-state index in [0.29, 0.717) is 42.3 Å². The predicted octanol–water partition coefficient (Wildman–Crippen LogP) is 5.84. The fraction of sp³-hybridized carbons (Fsp3) is 0.125. The Balaban J connectivity index is 1.46. The van der Waals surface area contributed by atoms with Crippen LogP contribution in [-0.2, 0) is 13.1 Å². The summed E-state index contributed by atoms with van der Waals surface area (Å²) in [5.74, 6) is 1.06.